The van der Waals surface area contributed by atoms with Crippen LogP contribution in [0.2, 0.25) is 0 Å². The van der Waals surface area contributed by atoms with Crippen LogP contribution in [-0.4, -0.2) is 0 Å². The third-order valence-corrected chi connectivity index (χ3v) is 2.26. The monoisotopic (exact) mass is 188 g/mol. The van der Waals surface area contributed by atoms with Crippen LogP contribution in [0.25, 0.3) is 0 Å². The summed E-state index contributed by atoms with van der Waals surface area (Å²) in [5.74, 6) is 0. The summed E-state index contributed by atoms with van der Waals surface area (Å²) in [7, 11) is 0. The van der Waals surface area contributed by atoms with E-state index in [-0.39, 0.29) is 6.04 Å². The third kappa shape index (κ3) is 2.86. The summed E-state index contributed by atoms with van der Waals surface area (Å²) in [5.41, 5.74) is 8.18. The second kappa shape index (κ2) is 5.41. The van der Waals surface area contributed by atoms with Gasteiger partial charge >= 0.3 is 0 Å². The fourth-order valence-corrected chi connectivity index (χ4v) is 1.50. The zero-order valence-electron chi connectivity index (χ0n) is 8.53. The van der Waals surface area contributed by atoms with Crippen molar-refractivity contribution in [3.05, 3.63) is 35.4 Å². The molecule has 14 heavy (non-hydrogen) atoms. The first-order valence-corrected chi connectivity index (χ1v) is 4.99. The van der Waals surface area contributed by atoms with Gasteiger partial charge in [-0.05, 0) is 17.5 Å². The number of benzene rings is 1. The molecule has 0 bridgehead atoms. The molecule has 0 amide bonds. The highest BCUT2D eigenvalue weighted by atomic mass is 14.6. The molecule has 0 saturated carbocycles. The fraction of sp³-hybridized carbons (Fsp3) is 0.417. The molecule has 2 nitrogen and oxygen atoms in total. The van der Waals surface area contributed by atoms with Gasteiger partial charge in [-0.3, -0.25) is 0 Å². The first-order valence-electron chi connectivity index (χ1n) is 4.99. The van der Waals surface area contributed by atoms with Crippen LogP contribution in [0.1, 0.15) is 36.9 Å². The van der Waals surface area contributed by atoms with E-state index in [2.05, 4.69) is 13.0 Å². The highest BCUT2D eigenvalue weighted by Crippen LogP contribution is 2.16. The second-order valence-corrected chi connectivity index (χ2v) is 3.48. The Balaban J connectivity index is 2.78. The van der Waals surface area contributed by atoms with Crippen LogP contribution in [0.5, 0.6) is 0 Å². The van der Waals surface area contributed by atoms with Crippen molar-refractivity contribution in [3.63, 3.8) is 0 Å². The lowest BCUT2D eigenvalue weighted by Gasteiger charge is -2.11. The molecule has 0 aromatic heterocycles. The van der Waals surface area contributed by atoms with E-state index < -0.39 is 0 Å². The smallest absolute Gasteiger partial charge is 0.0669 e. The Bertz CT molecular complexity index is 325. The molecule has 0 aliphatic rings. The van der Waals surface area contributed by atoms with E-state index in [1.165, 1.54) is 0 Å². The number of nitrogens with zero attached hydrogens (tertiary/aromatic N) is 1. The first-order chi connectivity index (χ1) is 6.77. The van der Waals surface area contributed by atoms with Crippen LogP contribution in [0.3, 0.4) is 0 Å². The molecule has 1 atom stereocenters. The summed E-state index contributed by atoms with van der Waals surface area (Å²) < 4.78 is 0. The minimum atomic E-state index is 0.110. The maximum absolute atomic E-state index is 8.57. The van der Waals surface area contributed by atoms with Crippen LogP contribution in [-0.2, 0) is 6.42 Å². The zero-order valence-corrected chi connectivity index (χ0v) is 8.53. The van der Waals surface area contributed by atoms with Crippen LogP contribution in [0.4, 0.5) is 0 Å². The molecule has 1 aromatic rings. The summed E-state index contributed by atoms with van der Waals surface area (Å²) in [4.78, 5) is 0. The predicted octanol–water partition coefficient (Wildman–Crippen LogP) is 2.55. The van der Waals surface area contributed by atoms with Gasteiger partial charge in [0, 0.05) is 6.04 Å². The minimum absolute atomic E-state index is 0.110. The van der Waals surface area contributed by atoms with E-state index in [0.717, 1.165) is 24.0 Å². The lowest BCUT2D eigenvalue weighted by molar-refractivity contribution is 0.638. The summed E-state index contributed by atoms with van der Waals surface area (Å²) in [5, 5.41) is 8.57. The van der Waals surface area contributed by atoms with E-state index >= 15 is 0 Å². The van der Waals surface area contributed by atoms with Crippen molar-refractivity contribution in [3.8, 4) is 6.07 Å². The van der Waals surface area contributed by atoms with Gasteiger partial charge in [0.25, 0.3) is 0 Å². The largest absolute Gasteiger partial charge is 0.324 e. The van der Waals surface area contributed by atoms with Gasteiger partial charge < -0.3 is 5.73 Å². The normalized spacial score (nSPS) is 12.1. The average molecular weight is 188 g/mol. The lowest BCUT2D eigenvalue weighted by atomic mass is 10.0. The molecule has 74 valence electrons. The maximum atomic E-state index is 8.57. The molecular formula is C12H16N2. The molecule has 0 aliphatic heterocycles. The van der Waals surface area contributed by atoms with E-state index in [1.54, 1.807) is 0 Å². The van der Waals surface area contributed by atoms with Crippen LogP contribution >= 0.6 is 0 Å². The van der Waals surface area contributed by atoms with Gasteiger partial charge in [-0.15, -0.1) is 0 Å². The fourth-order valence-electron chi connectivity index (χ4n) is 1.50. The Kier molecular flexibility index (Phi) is 4.15. The molecule has 1 aromatic carbocycles. The molecule has 2 N–H and O–H groups in total. The van der Waals surface area contributed by atoms with Gasteiger partial charge in [-0.25, -0.2) is 0 Å². The molecule has 0 fully saturated rings. The highest BCUT2D eigenvalue weighted by Gasteiger charge is 2.04. The Hall–Kier alpha value is -1.33. The Morgan fingerprint density at radius 1 is 1.50 bits per heavy atom. The van der Waals surface area contributed by atoms with E-state index in [9.17, 15) is 0 Å². The first kappa shape index (κ1) is 10.7. The van der Waals surface area contributed by atoms with Crippen LogP contribution in [0.15, 0.2) is 24.3 Å². The number of nitriles is 1. The van der Waals surface area contributed by atoms with Crippen molar-refractivity contribution in [2.75, 3.05) is 0 Å². The van der Waals surface area contributed by atoms with Crippen molar-refractivity contribution >= 4 is 0 Å². The van der Waals surface area contributed by atoms with Crippen molar-refractivity contribution < 1.29 is 0 Å². The lowest BCUT2D eigenvalue weighted by Crippen LogP contribution is -2.09. The average Bonchev–Trinajstić information content (AvgIpc) is 2.19. The molecule has 0 spiro atoms. The van der Waals surface area contributed by atoms with Crippen LogP contribution in [0, 0.1) is 11.3 Å². The van der Waals surface area contributed by atoms with Gasteiger partial charge in [0.2, 0.25) is 0 Å². The maximum Gasteiger partial charge on any atom is 0.0669 e. The van der Waals surface area contributed by atoms with Crippen molar-refractivity contribution in [2.24, 2.45) is 5.73 Å². The van der Waals surface area contributed by atoms with Gasteiger partial charge in [-0.1, -0.05) is 37.6 Å². The summed E-state index contributed by atoms with van der Waals surface area (Å²) in [6.45, 7) is 2.12. The topological polar surface area (TPSA) is 49.8 Å². The standard InChI is InChI=1S/C12H16N2/c1-2-4-12(14)11-6-3-5-10(9-11)7-8-13/h3,5-6,9,12H,2,4,7,14H2,1H3. The Morgan fingerprint density at radius 2 is 2.29 bits per heavy atom. The van der Waals surface area contributed by atoms with Crippen LogP contribution < -0.4 is 5.73 Å². The summed E-state index contributed by atoms with van der Waals surface area (Å²) >= 11 is 0. The number of hydrogen-bond donors (Lipinski definition) is 1. The van der Waals surface area contributed by atoms with Crippen molar-refractivity contribution in [1.82, 2.24) is 0 Å². The molecule has 0 saturated heterocycles. The SMILES string of the molecule is CCCC(N)c1cccc(CC#N)c1. The molecule has 1 rings (SSSR count). The van der Waals surface area contributed by atoms with Gasteiger partial charge in [0.15, 0.2) is 0 Å². The van der Waals surface area contributed by atoms with Crippen molar-refractivity contribution in [2.45, 2.75) is 32.2 Å². The van der Waals surface area contributed by atoms with E-state index in [1.807, 2.05) is 24.3 Å². The van der Waals surface area contributed by atoms with Gasteiger partial charge in [-0.2, -0.15) is 5.26 Å². The highest BCUT2D eigenvalue weighted by molar-refractivity contribution is 5.27. The van der Waals surface area contributed by atoms with E-state index in [4.69, 9.17) is 11.0 Å². The number of nitrogens with two attached hydrogens (primary N) is 1. The second-order valence-electron chi connectivity index (χ2n) is 3.48. The number of hydrogen-bond acceptors (Lipinski definition) is 2. The van der Waals surface area contributed by atoms with E-state index in [0.29, 0.717) is 6.42 Å². The molecule has 1 unspecified atom stereocenters. The number of rotatable bonds is 4. The molecule has 2 heteroatoms. The van der Waals surface area contributed by atoms with Gasteiger partial charge in [0.1, 0.15) is 0 Å². The molecular weight excluding hydrogens is 172 g/mol. The quantitative estimate of drug-likeness (QED) is 0.789. The predicted molar refractivity (Wildman–Crippen MR) is 57.6 cm³/mol. The Labute approximate surface area is 85.4 Å². The minimum Gasteiger partial charge on any atom is -0.324 e. The molecule has 0 heterocycles. The molecule has 0 aliphatic carbocycles. The van der Waals surface area contributed by atoms with Gasteiger partial charge in [0.05, 0.1) is 12.5 Å². The third-order valence-electron chi connectivity index (χ3n) is 2.26. The summed E-state index contributed by atoms with van der Waals surface area (Å²) in [6, 6.07) is 10.2. The summed E-state index contributed by atoms with van der Waals surface area (Å²) in [6.07, 6.45) is 2.55. The zero-order chi connectivity index (χ0) is 10.4. The van der Waals surface area contributed by atoms with Crippen molar-refractivity contribution in [1.29, 1.82) is 5.26 Å². The Morgan fingerprint density at radius 3 is 2.93 bits per heavy atom. The molecule has 0 radical (unpaired) electrons.